The molecule has 37 heavy (non-hydrogen) atoms. The van der Waals surface area contributed by atoms with Crippen LogP contribution in [0, 0.1) is 18.3 Å². The van der Waals surface area contributed by atoms with Crippen LogP contribution in [0.2, 0.25) is 0 Å². The van der Waals surface area contributed by atoms with Gasteiger partial charge in [0.1, 0.15) is 5.82 Å². The van der Waals surface area contributed by atoms with Gasteiger partial charge in [-0.1, -0.05) is 13.8 Å². The van der Waals surface area contributed by atoms with Crippen molar-refractivity contribution in [2.45, 2.75) is 58.5 Å². The van der Waals surface area contributed by atoms with E-state index in [1.807, 2.05) is 23.1 Å². The van der Waals surface area contributed by atoms with E-state index in [0.717, 1.165) is 65.6 Å². The normalized spacial score (nSPS) is 20.6. The SMILES string of the molecule is Cc1nc2ncc(-c3ccn4nc(NC5CC6(C5)CN(CC(C)C)C6)ncc34)cc2n1C1CCOCC1. The van der Waals surface area contributed by atoms with Gasteiger partial charge in [-0.2, -0.15) is 0 Å². The number of nitrogens with one attached hydrogen (secondary N) is 1. The topological polar surface area (TPSA) is 85.4 Å². The standard InChI is InChI=1S/C28H36N8O/c1-18(2)15-34-16-28(17-34)11-21(12-28)32-27-30-14-25-23(4-7-35(25)33-27)20-10-24-26(29-13-20)31-19(3)36(24)22-5-8-37-9-6-22/h4,7,10,13-14,18,21-22H,5-6,8-9,11-12,15-17H2,1-3H3,(H,32,33). The number of anilines is 1. The maximum atomic E-state index is 5.59. The smallest absolute Gasteiger partial charge is 0.241 e. The van der Waals surface area contributed by atoms with Crippen LogP contribution < -0.4 is 5.32 Å². The maximum absolute atomic E-state index is 5.59. The molecule has 3 fully saturated rings. The van der Waals surface area contributed by atoms with Crippen LogP contribution >= 0.6 is 0 Å². The van der Waals surface area contributed by atoms with E-state index in [9.17, 15) is 0 Å². The van der Waals surface area contributed by atoms with Crippen molar-refractivity contribution >= 4 is 22.6 Å². The fourth-order valence-corrected chi connectivity index (χ4v) is 6.93. The lowest BCUT2D eigenvalue weighted by atomic mass is 9.60. The Morgan fingerprint density at radius 3 is 2.70 bits per heavy atom. The van der Waals surface area contributed by atoms with E-state index in [1.165, 1.54) is 32.5 Å². The molecule has 0 bridgehead atoms. The van der Waals surface area contributed by atoms with Gasteiger partial charge in [-0.05, 0) is 56.1 Å². The highest BCUT2D eigenvalue weighted by atomic mass is 16.5. The van der Waals surface area contributed by atoms with Gasteiger partial charge in [0.05, 0.1) is 17.2 Å². The zero-order valence-electron chi connectivity index (χ0n) is 22.0. The predicted octanol–water partition coefficient (Wildman–Crippen LogP) is 4.33. The second kappa shape index (κ2) is 8.77. The minimum Gasteiger partial charge on any atom is -0.381 e. The zero-order valence-corrected chi connectivity index (χ0v) is 22.0. The number of likely N-dealkylation sites (tertiary alicyclic amines) is 1. The minimum atomic E-state index is 0.405. The summed E-state index contributed by atoms with van der Waals surface area (Å²) in [4.78, 5) is 16.7. The Bertz CT molecular complexity index is 1440. The summed E-state index contributed by atoms with van der Waals surface area (Å²) in [6, 6.07) is 5.19. The first-order valence-electron chi connectivity index (χ1n) is 13.7. The summed E-state index contributed by atoms with van der Waals surface area (Å²) >= 11 is 0. The third-order valence-electron chi connectivity index (χ3n) is 8.44. The van der Waals surface area contributed by atoms with E-state index in [-0.39, 0.29) is 0 Å². The van der Waals surface area contributed by atoms with Crippen molar-refractivity contribution < 1.29 is 4.74 Å². The van der Waals surface area contributed by atoms with Crippen LogP contribution in [0.15, 0.2) is 30.7 Å². The Morgan fingerprint density at radius 1 is 1.11 bits per heavy atom. The van der Waals surface area contributed by atoms with Gasteiger partial charge in [-0.3, -0.25) is 0 Å². The molecular weight excluding hydrogens is 464 g/mol. The number of ether oxygens (including phenoxy) is 1. The van der Waals surface area contributed by atoms with Crippen LogP contribution in [-0.4, -0.2) is 72.9 Å². The van der Waals surface area contributed by atoms with E-state index < -0.39 is 0 Å². The molecule has 0 unspecified atom stereocenters. The second-order valence-electron chi connectivity index (χ2n) is 11.9. The molecule has 2 saturated heterocycles. The summed E-state index contributed by atoms with van der Waals surface area (Å²) in [5.41, 5.74) is 5.54. The molecule has 1 spiro atoms. The van der Waals surface area contributed by atoms with E-state index in [2.05, 4.69) is 52.7 Å². The zero-order chi connectivity index (χ0) is 25.1. The summed E-state index contributed by atoms with van der Waals surface area (Å²) < 4.78 is 9.86. The summed E-state index contributed by atoms with van der Waals surface area (Å²) in [5.74, 6) is 2.46. The van der Waals surface area contributed by atoms with Crippen LogP contribution in [0.3, 0.4) is 0 Å². The molecule has 9 heteroatoms. The molecule has 0 atom stereocenters. The van der Waals surface area contributed by atoms with Crippen LogP contribution in [-0.2, 0) is 4.74 Å². The van der Waals surface area contributed by atoms with E-state index in [1.54, 1.807) is 0 Å². The average Bonchev–Trinajstić information content (AvgIpc) is 3.41. The lowest BCUT2D eigenvalue weighted by Crippen LogP contribution is -2.65. The Kier molecular flexibility index (Phi) is 5.48. The number of aromatic nitrogens is 6. The van der Waals surface area contributed by atoms with Gasteiger partial charge in [-0.25, -0.2) is 19.5 Å². The van der Waals surface area contributed by atoms with Crippen molar-refractivity contribution in [2.24, 2.45) is 11.3 Å². The first-order chi connectivity index (χ1) is 18.0. The second-order valence-corrected chi connectivity index (χ2v) is 11.9. The molecule has 0 aromatic carbocycles. The highest BCUT2D eigenvalue weighted by Gasteiger charge is 2.52. The summed E-state index contributed by atoms with van der Waals surface area (Å²) in [6.45, 7) is 12.0. The van der Waals surface area contributed by atoms with Gasteiger partial charge in [0.25, 0.3) is 0 Å². The van der Waals surface area contributed by atoms with E-state index in [4.69, 9.17) is 19.8 Å². The molecule has 1 N–H and O–H groups in total. The van der Waals surface area contributed by atoms with Crippen molar-refractivity contribution in [3.05, 3.63) is 36.5 Å². The largest absolute Gasteiger partial charge is 0.381 e. The fourth-order valence-electron chi connectivity index (χ4n) is 6.93. The summed E-state index contributed by atoms with van der Waals surface area (Å²) in [5, 5.41) is 8.35. The minimum absolute atomic E-state index is 0.405. The highest BCUT2D eigenvalue weighted by Crippen LogP contribution is 2.49. The Hall–Kier alpha value is -3.04. The fraction of sp³-hybridized carbons (Fsp3) is 0.571. The van der Waals surface area contributed by atoms with Gasteiger partial charge >= 0.3 is 0 Å². The monoisotopic (exact) mass is 500 g/mol. The summed E-state index contributed by atoms with van der Waals surface area (Å²) in [7, 11) is 0. The van der Waals surface area contributed by atoms with Gasteiger partial charge < -0.3 is 19.5 Å². The molecule has 4 aromatic rings. The predicted molar refractivity (Wildman–Crippen MR) is 144 cm³/mol. The lowest BCUT2D eigenvalue weighted by molar-refractivity contribution is -0.0711. The van der Waals surface area contributed by atoms with Gasteiger partial charge in [0.15, 0.2) is 5.65 Å². The third-order valence-corrected chi connectivity index (χ3v) is 8.44. The number of hydrogen-bond acceptors (Lipinski definition) is 7. The van der Waals surface area contributed by atoms with E-state index in [0.29, 0.717) is 23.4 Å². The molecular formula is C28H36N8O. The summed E-state index contributed by atoms with van der Waals surface area (Å²) in [6.07, 6.45) is 10.3. The number of fused-ring (bicyclic) bond motifs is 2. The number of aryl methyl sites for hydroxylation is 1. The van der Waals surface area contributed by atoms with Crippen molar-refractivity contribution in [2.75, 3.05) is 38.2 Å². The molecule has 0 amide bonds. The highest BCUT2D eigenvalue weighted by molar-refractivity contribution is 5.85. The quantitative estimate of drug-likeness (QED) is 0.422. The molecule has 3 aliphatic rings. The van der Waals surface area contributed by atoms with Crippen LogP contribution in [0.5, 0.6) is 0 Å². The molecule has 4 aromatic heterocycles. The molecule has 194 valence electrons. The number of rotatable bonds is 6. The first-order valence-corrected chi connectivity index (χ1v) is 13.7. The number of pyridine rings is 1. The Labute approximate surface area is 217 Å². The Morgan fingerprint density at radius 2 is 1.92 bits per heavy atom. The lowest BCUT2D eigenvalue weighted by Gasteiger charge is -2.59. The molecule has 2 aliphatic heterocycles. The average molecular weight is 501 g/mol. The van der Waals surface area contributed by atoms with Gasteiger partial charge in [-0.15, -0.1) is 5.10 Å². The third kappa shape index (κ3) is 4.08. The van der Waals surface area contributed by atoms with Crippen molar-refractivity contribution in [3.63, 3.8) is 0 Å². The molecule has 6 heterocycles. The first kappa shape index (κ1) is 23.1. The molecule has 1 aliphatic carbocycles. The van der Waals surface area contributed by atoms with Crippen molar-refractivity contribution in [3.8, 4) is 11.1 Å². The van der Waals surface area contributed by atoms with Gasteiger partial charge in [0, 0.05) is 68.5 Å². The number of nitrogens with zero attached hydrogens (tertiary/aromatic N) is 7. The van der Waals surface area contributed by atoms with Crippen molar-refractivity contribution in [1.29, 1.82) is 0 Å². The van der Waals surface area contributed by atoms with Crippen LogP contribution in [0.25, 0.3) is 27.8 Å². The van der Waals surface area contributed by atoms with Crippen molar-refractivity contribution in [1.82, 2.24) is 34.0 Å². The van der Waals surface area contributed by atoms with Crippen LogP contribution in [0.4, 0.5) is 5.95 Å². The molecule has 9 nitrogen and oxygen atoms in total. The van der Waals surface area contributed by atoms with E-state index >= 15 is 0 Å². The Balaban J connectivity index is 1.09. The van der Waals surface area contributed by atoms with Crippen LogP contribution in [0.1, 0.15) is 51.4 Å². The molecule has 0 radical (unpaired) electrons. The number of imidazole rings is 1. The number of hydrogen-bond donors (Lipinski definition) is 1. The molecule has 1 saturated carbocycles. The molecule has 7 rings (SSSR count). The maximum Gasteiger partial charge on any atom is 0.241 e. The van der Waals surface area contributed by atoms with Gasteiger partial charge in [0.2, 0.25) is 5.95 Å².